The van der Waals surface area contributed by atoms with Gasteiger partial charge in [-0.1, -0.05) is 18.2 Å². The lowest BCUT2D eigenvalue weighted by Crippen LogP contribution is -2.02. The van der Waals surface area contributed by atoms with Crippen LogP contribution in [0.4, 0.5) is 5.69 Å². The summed E-state index contributed by atoms with van der Waals surface area (Å²) in [6.45, 7) is 3.09. The minimum atomic E-state index is -0.114. The van der Waals surface area contributed by atoms with Gasteiger partial charge in [-0.15, -0.1) is 0 Å². The molecule has 0 saturated carbocycles. The minimum Gasteiger partial charge on any atom is -0.504 e. The summed E-state index contributed by atoms with van der Waals surface area (Å²) in [7, 11) is 0. The SMILES string of the molecule is CCOc1ccccc1NCc1ccc(O)c(O)c1. The van der Waals surface area contributed by atoms with E-state index in [-0.39, 0.29) is 11.5 Å². The molecule has 0 aromatic heterocycles. The topological polar surface area (TPSA) is 61.7 Å². The van der Waals surface area contributed by atoms with Gasteiger partial charge in [-0.3, -0.25) is 0 Å². The van der Waals surface area contributed by atoms with Crippen LogP contribution in [0.5, 0.6) is 17.2 Å². The van der Waals surface area contributed by atoms with Crippen LogP contribution in [0.15, 0.2) is 42.5 Å². The zero-order valence-electron chi connectivity index (χ0n) is 10.8. The molecule has 2 aromatic carbocycles. The Balaban J connectivity index is 2.07. The lowest BCUT2D eigenvalue weighted by molar-refractivity contribution is 0.341. The molecule has 0 aliphatic carbocycles. The molecule has 100 valence electrons. The van der Waals surface area contributed by atoms with E-state index in [4.69, 9.17) is 4.74 Å². The highest BCUT2D eigenvalue weighted by Gasteiger charge is 2.04. The molecule has 4 heteroatoms. The van der Waals surface area contributed by atoms with Crippen molar-refractivity contribution in [3.63, 3.8) is 0 Å². The summed E-state index contributed by atoms with van der Waals surface area (Å²) >= 11 is 0. The number of phenolic OH excluding ortho intramolecular Hbond substituents is 2. The molecule has 0 aliphatic rings. The van der Waals surface area contributed by atoms with E-state index in [9.17, 15) is 10.2 Å². The number of rotatable bonds is 5. The third-order valence-corrected chi connectivity index (χ3v) is 2.71. The standard InChI is InChI=1S/C15H17NO3/c1-2-19-15-6-4-3-5-12(15)16-10-11-7-8-13(17)14(18)9-11/h3-9,16-18H,2,10H2,1H3. The third-order valence-electron chi connectivity index (χ3n) is 2.71. The van der Waals surface area contributed by atoms with Crippen molar-refractivity contribution in [2.24, 2.45) is 0 Å². The maximum absolute atomic E-state index is 9.43. The summed E-state index contributed by atoms with van der Waals surface area (Å²) in [6.07, 6.45) is 0. The van der Waals surface area contributed by atoms with E-state index in [0.717, 1.165) is 17.0 Å². The smallest absolute Gasteiger partial charge is 0.157 e. The first-order valence-corrected chi connectivity index (χ1v) is 6.17. The fourth-order valence-electron chi connectivity index (χ4n) is 1.77. The van der Waals surface area contributed by atoms with Gasteiger partial charge < -0.3 is 20.3 Å². The van der Waals surface area contributed by atoms with Crippen LogP contribution >= 0.6 is 0 Å². The van der Waals surface area contributed by atoms with E-state index < -0.39 is 0 Å². The second-order valence-corrected chi connectivity index (χ2v) is 4.11. The molecule has 0 atom stereocenters. The largest absolute Gasteiger partial charge is 0.504 e. The Morgan fingerprint density at radius 1 is 1.05 bits per heavy atom. The predicted molar refractivity (Wildman–Crippen MR) is 74.7 cm³/mol. The quantitative estimate of drug-likeness (QED) is 0.722. The predicted octanol–water partition coefficient (Wildman–Crippen LogP) is 3.11. The molecular weight excluding hydrogens is 242 g/mol. The number of nitrogens with one attached hydrogen (secondary N) is 1. The molecule has 0 aliphatic heterocycles. The summed E-state index contributed by atoms with van der Waals surface area (Å²) in [5.74, 6) is 0.573. The van der Waals surface area contributed by atoms with Gasteiger partial charge in [-0.2, -0.15) is 0 Å². The van der Waals surface area contributed by atoms with Crippen LogP contribution in [-0.4, -0.2) is 16.8 Å². The lowest BCUT2D eigenvalue weighted by Gasteiger charge is -2.12. The number of hydrogen-bond acceptors (Lipinski definition) is 4. The van der Waals surface area contributed by atoms with E-state index >= 15 is 0 Å². The van der Waals surface area contributed by atoms with Gasteiger partial charge in [0.25, 0.3) is 0 Å². The lowest BCUT2D eigenvalue weighted by atomic mass is 10.2. The van der Waals surface area contributed by atoms with Gasteiger partial charge in [0.1, 0.15) is 5.75 Å². The van der Waals surface area contributed by atoms with Crippen LogP contribution in [0.3, 0.4) is 0 Å². The van der Waals surface area contributed by atoms with Gasteiger partial charge in [-0.05, 0) is 36.8 Å². The minimum absolute atomic E-state index is 0.113. The molecule has 4 nitrogen and oxygen atoms in total. The van der Waals surface area contributed by atoms with Crippen molar-refractivity contribution < 1.29 is 14.9 Å². The molecular formula is C15H17NO3. The molecule has 0 bridgehead atoms. The summed E-state index contributed by atoms with van der Waals surface area (Å²) < 4.78 is 5.52. The highest BCUT2D eigenvalue weighted by Crippen LogP contribution is 2.27. The molecule has 0 spiro atoms. The van der Waals surface area contributed by atoms with E-state index in [1.165, 1.54) is 12.1 Å². The van der Waals surface area contributed by atoms with Crippen molar-refractivity contribution in [1.82, 2.24) is 0 Å². The van der Waals surface area contributed by atoms with Crippen molar-refractivity contribution >= 4 is 5.69 Å². The number of ether oxygens (including phenoxy) is 1. The normalized spacial score (nSPS) is 10.2. The maximum atomic E-state index is 9.43. The van der Waals surface area contributed by atoms with Gasteiger partial charge >= 0.3 is 0 Å². The Morgan fingerprint density at radius 2 is 1.84 bits per heavy atom. The molecule has 0 saturated heterocycles. The highest BCUT2D eigenvalue weighted by atomic mass is 16.5. The van der Waals surface area contributed by atoms with Gasteiger partial charge in [0, 0.05) is 6.54 Å². The molecule has 3 N–H and O–H groups in total. The van der Waals surface area contributed by atoms with E-state index in [2.05, 4.69) is 5.32 Å². The summed E-state index contributed by atoms with van der Waals surface area (Å²) in [6, 6.07) is 12.4. The Kier molecular flexibility index (Phi) is 4.13. The molecule has 19 heavy (non-hydrogen) atoms. The Labute approximate surface area is 112 Å². The van der Waals surface area contributed by atoms with Gasteiger partial charge in [-0.25, -0.2) is 0 Å². The number of aromatic hydroxyl groups is 2. The monoisotopic (exact) mass is 259 g/mol. The average molecular weight is 259 g/mol. The fourth-order valence-corrected chi connectivity index (χ4v) is 1.77. The third kappa shape index (κ3) is 3.31. The summed E-state index contributed by atoms with van der Waals surface area (Å²) in [5.41, 5.74) is 1.78. The number of phenols is 2. The molecule has 0 unspecified atom stereocenters. The van der Waals surface area contributed by atoms with Crippen molar-refractivity contribution in [2.75, 3.05) is 11.9 Å². The first-order chi connectivity index (χ1) is 9.20. The zero-order valence-corrected chi connectivity index (χ0v) is 10.8. The number of anilines is 1. The molecule has 0 heterocycles. The molecule has 0 fully saturated rings. The van der Waals surface area contributed by atoms with Gasteiger partial charge in [0.15, 0.2) is 11.5 Å². The molecule has 2 aromatic rings. The zero-order chi connectivity index (χ0) is 13.7. The summed E-state index contributed by atoms with van der Waals surface area (Å²) in [4.78, 5) is 0. The van der Waals surface area contributed by atoms with E-state index in [1.54, 1.807) is 6.07 Å². The van der Waals surface area contributed by atoms with Crippen molar-refractivity contribution in [3.05, 3.63) is 48.0 Å². The average Bonchev–Trinajstić information content (AvgIpc) is 2.42. The van der Waals surface area contributed by atoms with E-state index in [1.807, 2.05) is 31.2 Å². The van der Waals surface area contributed by atoms with Crippen LogP contribution in [0.2, 0.25) is 0 Å². The Morgan fingerprint density at radius 3 is 2.58 bits per heavy atom. The van der Waals surface area contributed by atoms with Crippen LogP contribution in [0.1, 0.15) is 12.5 Å². The Hall–Kier alpha value is -2.36. The number of para-hydroxylation sites is 2. The number of benzene rings is 2. The second kappa shape index (κ2) is 6.00. The van der Waals surface area contributed by atoms with Crippen LogP contribution < -0.4 is 10.1 Å². The van der Waals surface area contributed by atoms with Crippen molar-refractivity contribution in [3.8, 4) is 17.2 Å². The highest BCUT2D eigenvalue weighted by molar-refractivity contribution is 5.56. The molecule has 0 radical (unpaired) electrons. The van der Waals surface area contributed by atoms with Crippen LogP contribution in [-0.2, 0) is 6.54 Å². The fraction of sp³-hybridized carbons (Fsp3) is 0.200. The van der Waals surface area contributed by atoms with E-state index in [0.29, 0.717) is 13.2 Å². The second-order valence-electron chi connectivity index (χ2n) is 4.11. The first-order valence-electron chi connectivity index (χ1n) is 6.17. The molecule has 2 rings (SSSR count). The van der Waals surface area contributed by atoms with Gasteiger partial charge in [0.05, 0.1) is 12.3 Å². The summed E-state index contributed by atoms with van der Waals surface area (Å²) in [5, 5.41) is 21.9. The van der Waals surface area contributed by atoms with Crippen molar-refractivity contribution in [1.29, 1.82) is 0 Å². The Bertz CT molecular complexity index is 555. The van der Waals surface area contributed by atoms with Crippen molar-refractivity contribution in [2.45, 2.75) is 13.5 Å². The van der Waals surface area contributed by atoms with Crippen LogP contribution in [0, 0.1) is 0 Å². The first kappa shape index (κ1) is 13.1. The van der Waals surface area contributed by atoms with Gasteiger partial charge in [0.2, 0.25) is 0 Å². The number of hydrogen-bond donors (Lipinski definition) is 3. The molecule has 0 amide bonds. The maximum Gasteiger partial charge on any atom is 0.157 e. The van der Waals surface area contributed by atoms with Crippen LogP contribution in [0.25, 0.3) is 0 Å².